The lowest BCUT2D eigenvalue weighted by Crippen LogP contribution is -2.14. The fourth-order valence-corrected chi connectivity index (χ4v) is 2.34. The summed E-state index contributed by atoms with van der Waals surface area (Å²) in [5.74, 6) is 0.391. The maximum atomic E-state index is 12.6. The molecular weight excluding hydrogens is 373 g/mol. The molecule has 0 radical (unpaired) electrons. The number of nitrogens with one attached hydrogen (secondary N) is 2. The normalized spacial score (nSPS) is 11.0. The zero-order chi connectivity index (χ0) is 20.1. The van der Waals surface area contributed by atoms with Crippen molar-refractivity contribution >= 4 is 23.1 Å². The van der Waals surface area contributed by atoms with Crippen LogP contribution in [0.5, 0.6) is 5.75 Å². The molecule has 0 saturated carbocycles. The van der Waals surface area contributed by atoms with Gasteiger partial charge in [0, 0.05) is 23.5 Å². The summed E-state index contributed by atoms with van der Waals surface area (Å²) < 4.78 is 43.0. The van der Waals surface area contributed by atoms with Gasteiger partial charge in [0.25, 0.3) is 5.91 Å². The van der Waals surface area contributed by atoms with Crippen LogP contribution in [0, 0.1) is 0 Å². The summed E-state index contributed by atoms with van der Waals surface area (Å²) in [5, 5.41) is 5.53. The number of hydrogen-bond acceptors (Lipinski definition) is 5. The highest BCUT2D eigenvalue weighted by Gasteiger charge is 2.29. The van der Waals surface area contributed by atoms with E-state index in [0.29, 0.717) is 17.1 Å². The molecule has 0 saturated heterocycles. The van der Waals surface area contributed by atoms with E-state index in [1.807, 2.05) is 0 Å². The molecule has 0 aliphatic carbocycles. The first-order valence-electron chi connectivity index (χ1n) is 8.07. The molecule has 1 amide bonds. The van der Waals surface area contributed by atoms with Gasteiger partial charge < -0.3 is 15.4 Å². The number of halogens is 3. The van der Waals surface area contributed by atoms with Crippen LogP contribution in [-0.2, 0) is 6.18 Å². The van der Waals surface area contributed by atoms with Crippen molar-refractivity contribution in [2.45, 2.75) is 6.18 Å². The number of aromatic nitrogens is 2. The van der Waals surface area contributed by atoms with Crippen LogP contribution in [0.2, 0.25) is 0 Å². The van der Waals surface area contributed by atoms with Gasteiger partial charge in [-0.3, -0.25) is 4.79 Å². The molecule has 0 atom stereocenters. The second-order valence-corrected chi connectivity index (χ2v) is 5.67. The van der Waals surface area contributed by atoms with Crippen LogP contribution >= 0.6 is 0 Å². The third kappa shape index (κ3) is 4.76. The molecule has 0 unspecified atom stereocenters. The monoisotopic (exact) mass is 388 g/mol. The Hall–Kier alpha value is -3.62. The van der Waals surface area contributed by atoms with Crippen molar-refractivity contribution in [3.63, 3.8) is 0 Å². The maximum Gasteiger partial charge on any atom is 0.416 e. The maximum absolute atomic E-state index is 12.6. The number of ether oxygens (including phenoxy) is 1. The minimum absolute atomic E-state index is 0.0900. The van der Waals surface area contributed by atoms with Crippen molar-refractivity contribution in [1.29, 1.82) is 0 Å². The van der Waals surface area contributed by atoms with E-state index in [1.165, 1.54) is 31.6 Å². The molecule has 1 aromatic heterocycles. The average Bonchev–Trinajstić information content (AvgIpc) is 2.68. The van der Waals surface area contributed by atoms with Crippen LogP contribution in [0.4, 0.5) is 30.4 Å². The Balaban J connectivity index is 1.72. The molecule has 6 nitrogen and oxygen atoms in total. The van der Waals surface area contributed by atoms with Crippen LogP contribution in [0.25, 0.3) is 0 Å². The van der Waals surface area contributed by atoms with E-state index in [4.69, 9.17) is 4.74 Å². The highest BCUT2D eigenvalue weighted by molar-refractivity contribution is 6.03. The van der Waals surface area contributed by atoms with Crippen LogP contribution in [-0.4, -0.2) is 23.0 Å². The first-order chi connectivity index (χ1) is 13.3. The number of benzene rings is 2. The largest absolute Gasteiger partial charge is 0.497 e. The third-order valence-corrected chi connectivity index (χ3v) is 3.71. The van der Waals surface area contributed by atoms with Crippen molar-refractivity contribution in [3.05, 3.63) is 72.2 Å². The Labute approximate surface area is 158 Å². The van der Waals surface area contributed by atoms with E-state index < -0.39 is 17.6 Å². The summed E-state index contributed by atoms with van der Waals surface area (Å²) >= 11 is 0. The van der Waals surface area contributed by atoms with Crippen LogP contribution < -0.4 is 15.4 Å². The van der Waals surface area contributed by atoms with Gasteiger partial charge in [-0.1, -0.05) is 6.07 Å². The predicted octanol–water partition coefficient (Wildman–Crippen LogP) is 4.50. The molecule has 3 aromatic rings. The van der Waals surface area contributed by atoms with Gasteiger partial charge in [-0.2, -0.15) is 13.2 Å². The number of carbonyl (C=O) groups excluding carboxylic acids is 1. The van der Waals surface area contributed by atoms with Crippen molar-refractivity contribution in [3.8, 4) is 5.75 Å². The highest BCUT2D eigenvalue weighted by atomic mass is 19.4. The molecule has 2 aromatic carbocycles. The number of methoxy groups -OCH3 is 1. The smallest absolute Gasteiger partial charge is 0.416 e. The molecule has 0 bridgehead atoms. The SMILES string of the molecule is COc1cccc(NC(=O)c2cc(Nc3ccc(C(F)(F)F)cc3)ncn2)c1. The van der Waals surface area contributed by atoms with E-state index >= 15 is 0 Å². The van der Waals surface area contributed by atoms with Gasteiger partial charge >= 0.3 is 6.18 Å². The summed E-state index contributed by atoms with van der Waals surface area (Å²) in [5.41, 5.74) is 0.261. The topological polar surface area (TPSA) is 76.1 Å². The van der Waals surface area contributed by atoms with E-state index in [2.05, 4.69) is 20.6 Å². The number of anilines is 3. The summed E-state index contributed by atoms with van der Waals surface area (Å²) in [4.78, 5) is 20.3. The van der Waals surface area contributed by atoms with Gasteiger partial charge in [-0.05, 0) is 36.4 Å². The standard InChI is InChI=1S/C19H15F3N4O2/c1-28-15-4-2-3-14(9-15)26-18(27)16-10-17(24-11-23-16)25-13-7-5-12(6-8-13)19(20,21)22/h2-11H,1H3,(H,26,27)(H,23,24,25). The molecule has 144 valence electrons. The Morgan fingerprint density at radius 2 is 1.75 bits per heavy atom. The molecule has 3 rings (SSSR count). The molecule has 1 heterocycles. The van der Waals surface area contributed by atoms with Gasteiger partial charge in [0.15, 0.2) is 0 Å². The summed E-state index contributed by atoms with van der Waals surface area (Å²) in [6.45, 7) is 0. The predicted molar refractivity (Wildman–Crippen MR) is 97.7 cm³/mol. The van der Waals surface area contributed by atoms with Gasteiger partial charge in [0.1, 0.15) is 23.6 Å². The Morgan fingerprint density at radius 1 is 1.00 bits per heavy atom. The number of carbonyl (C=O) groups is 1. The number of rotatable bonds is 5. The first kappa shape index (κ1) is 19.2. The Morgan fingerprint density at radius 3 is 2.43 bits per heavy atom. The zero-order valence-corrected chi connectivity index (χ0v) is 14.6. The van der Waals surface area contributed by atoms with E-state index in [9.17, 15) is 18.0 Å². The molecule has 2 N–H and O–H groups in total. The quantitative estimate of drug-likeness (QED) is 0.673. The summed E-state index contributed by atoms with van der Waals surface area (Å²) in [6.07, 6.45) is -3.22. The number of nitrogens with zero attached hydrogens (tertiary/aromatic N) is 2. The third-order valence-electron chi connectivity index (χ3n) is 3.71. The van der Waals surface area contributed by atoms with E-state index in [0.717, 1.165) is 12.1 Å². The minimum Gasteiger partial charge on any atom is -0.497 e. The van der Waals surface area contributed by atoms with Gasteiger partial charge in [0.05, 0.1) is 12.7 Å². The van der Waals surface area contributed by atoms with E-state index in [-0.39, 0.29) is 11.5 Å². The van der Waals surface area contributed by atoms with Crippen molar-refractivity contribution < 1.29 is 22.7 Å². The second kappa shape index (κ2) is 7.95. The van der Waals surface area contributed by atoms with Crippen LogP contribution in [0.1, 0.15) is 16.1 Å². The number of amides is 1. The highest BCUT2D eigenvalue weighted by Crippen LogP contribution is 2.30. The van der Waals surface area contributed by atoms with Crippen molar-refractivity contribution in [2.24, 2.45) is 0 Å². The molecule has 9 heteroatoms. The average molecular weight is 388 g/mol. The van der Waals surface area contributed by atoms with Crippen molar-refractivity contribution in [1.82, 2.24) is 9.97 Å². The zero-order valence-electron chi connectivity index (χ0n) is 14.6. The van der Waals surface area contributed by atoms with Crippen LogP contribution in [0.3, 0.4) is 0 Å². The lowest BCUT2D eigenvalue weighted by molar-refractivity contribution is -0.137. The van der Waals surface area contributed by atoms with Gasteiger partial charge in [0.2, 0.25) is 0 Å². The molecular formula is C19H15F3N4O2. The summed E-state index contributed by atoms with van der Waals surface area (Å²) in [7, 11) is 1.52. The fourth-order valence-electron chi connectivity index (χ4n) is 2.34. The Kier molecular flexibility index (Phi) is 5.44. The van der Waals surface area contributed by atoms with Gasteiger partial charge in [-0.25, -0.2) is 9.97 Å². The molecule has 0 spiro atoms. The molecule has 0 aliphatic heterocycles. The lowest BCUT2D eigenvalue weighted by atomic mass is 10.2. The van der Waals surface area contributed by atoms with Crippen LogP contribution in [0.15, 0.2) is 60.9 Å². The van der Waals surface area contributed by atoms with Gasteiger partial charge in [-0.15, -0.1) is 0 Å². The van der Waals surface area contributed by atoms with Crippen molar-refractivity contribution in [2.75, 3.05) is 17.7 Å². The second-order valence-electron chi connectivity index (χ2n) is 5.67. The molecule has 28 heavy (non-hydrogen) atoms. The molecule has 0 aliphatic rings. The molecule has 0 fully saturated rings. The minimum atomic E-state index is -4.40. The first-order valence-corrected chi connectivity index (χ1v) is 8.07. The summed E-state index contributed by atoms with van der Waals surface area (Å²) in [6, 6.07) is 12.7. The number of alkyl halides is 3. The fraction of sp³-hybridized carbons (Fsp3) is 0.105. The Bertz CT molecular complexity index is 975. The lowest BCUT2D eigenvalue weighted by Gasteiger charge is -2.10. The number of hydrogen-bond donors (Lipinski definition) is 2. The van der Waals surface area contributed by atoms with E-state index in [1.54, 1.807) is 24.3 Å².